The summed E-state index contributed by atoms with van der Waals surface area (Å²) < 4.78 is 26.1. The second kappa shape index (κ2) is 5.71. The molecule has 0 amide bonds. The third-order valence-corrected chi connectivity index (χ3v) is 5.03. The lowest BCUT2D eigenvalue weighted by Crippen LogP contribution is -2.26. The zero-order chi connectivity index (χ0) is 15.6. The monoisotopic (exact) mass is 322 g/mol. The molecule has 0 radical (unpaired) electrons. The summed E-state index contributed by atoms with van der Waals surface area (Å²) in [5, 5.41) is 9.45. The lowest BCUT2D eigenvalue weighted by atomic mass is 10.2. The maximum Gasteiger partial charge on any atom is 0.264 e. The van der Waals surface area contributed by atoms with E-state index in [9.17, 15) is 13.5 Å². The van der Waals surface area contributed by atoms with Crippen molar-refractivity contribution in [3.05, 3.63) is 54.1 Å². The van der Waals surface area contributed by atoms with Gasteiger partial charge in [0.05, 0.1) is 10.6 Å². The Morgan fingerprint density at radius 1 is 1.19 bits per heavy atom. The van der Waals surface area contributed by atoms with Crippen LogP contribution in [0.25, 0.3) is 0 Å². The zero-order valence-electron chi connectivity index (χ0n) is 11.2. The van der Waals surface area contributed by atoms with E-state index in [0.29, 0.717) is 11.3 Å². The lowest BCUT2D eigenvalue weighted by Gasteiger charge is -2.19. The minimum absolute atomic E-state index is 0.00150. The molecule has 2 aromatic carbocycles. The van der Waals surface area contributed by atoms with Crippen molar-refractivity contribution < 1.29 is 13.5 Å². The average Bonchev–Trinajstić information content (AvgIpc) is 2.46. The molecule has 0 spiro atoms. The number of phenols is 1. The number of aromatic hydroxyl groups is 1. The second-order valence-corrected chi connectivity index (χ2v) is 6.79. The van der Waals surface area contributed by atoms with Crippen LogP contribution < -0.4 is 10.0 Å². The van der Waals surface area contributed by atoms with Crippen LogP contribution in [0.4, 0.5) is 5.69 Å². The smallest absolute Gasteiger partial charge is 0.264 e. The molecule has 0 aliphatic carbocycles. The van der Waals surface area contributed by atoms with Crippen molar-refractivity contribution in [2.75, 3.05) is 11.4 Å². The van der Waals surface area contributed by atoms with Gasteiger partial charge in [-0.2, -0.15) is 0 Å². The Morgan fingerprint density at radius 2 is 1.81 bits per heavy atom. The molecular weight excluding hydrogens is 308 g/mol. The summed E-state index contributed by atoms with van der Waals surface area (Å²) in [6, 6.07) is 12.0. The Kier molecular flexibility index (Phi) is 4.15. The van der Waals surface area contributed by atoms with Crippen LogP contribution in [-0.4, -0.2) is 25.6 Å². The van der Waals surface area contributed by atoms with Gasteiger partial charge in [0.1, 0.15) is 10.7 Å². The van der Waals surface area contributed by atoms with E-state index in [4.69, 9.17) is 18.0 Å². The Balaban J connectivity index is 2.39. The van der Waals surface area contributed by atoms with E-state index in [1.807, 2.05) is 0 Å². The highest BCUT2D eigenvalue weighted by molar-refractivity contribution is 7.92. The minimum Gasteiger partial charge on any atom is -0.508 e. The predicted octanol–water partition coefficient (Wildman–Crippen LogP) is 1.85. The van der Waals surface area contributed by atoms with Crippen molar-refractivity contribution in [3.63, 3.8) is 0 Å². The molecule has 0 atom stereocenters. The van der Waals surface area contributed by atoms with Crippen LogP contribution in [0.2, 0.25) is 0 Å². The zero-order valence-corrected chi connectivity index (χ0v) is 12.9. The first-order valence-corrected chi connectivity index (χ1v) is 7.85. The van der Waals surface area contributed by atoms with Gasteiger partial charge >= 0.3 is 0 Å². The molecule has 7 heteroatoms. The van der Waals surface area contributed by atoms with Gasteiger partial charge in [0, 0.05) is 18.7 Å². The van der Waals surface area contributed by atoms with Gasteiger partial charge in [0.2, 0.25) is 0 Å². The number of nitrogens with two attached hydrogens (primary N) is 1. The van der Waals surface area contributed by atoms with E-state index < -0.39 is 10.0 Å². The summed E-state index contributed by atoms with van der Waals surface area (Å²) in [6.07, 6.45) is 0. The lowest BCUT2D eigenvalue weighted by molar-refractivity contribution is 0.475. The number of nitrogens with zero attached hydrogens (tertiary/aromatic N) is 1. The molecule has 0 aliphatic rings. The number of benzene rings is 2. The quantitative estimate of drug-likeness (QED) is 0.839. The van der Waals surface area contributed by atoms with Gasteiger partial charge < -0.3 is 10.8 Å². The fourth-order valence-electron chi connectivity index (χ4n) is 1.78. The SMILES string of the molecule is CN(c1cccc(O)c1)S(=O)(=O)c1ccc(C(N)=S)cc1. The summed E-state index contributed by atoms with van der Waals surface area (Å²) in [5.74, 6) is -0.00150. The normalized spacial score (nSPS) is 11.1. The number of anilines is 1. The fourth-order valence-corrected chi connectivity index (χ4v) is 3.10. The van der Waals surface area contributed by atoms with Crippen molar-refractivity contribution >= 4 is 32.9 Å². The maximum absolute atomic E-state index is 12.5. The van der Waals surface area contributed by atoms with E-state index in [1.54, 1.807) is 24.3 Å². The van der Waals surface area contributed by atoms with E-state index in [1.165, 1.54) is 31.3 Å². The average molecular weight is 322 g/mol. The highest BCUT2D eigenvalue weighted by Crippen LogP contribution is 2.25. The number of hydrogen-bond donors (Lipinski definition) is 2. The second-order valence-electron chi connectivity index (χ2n) is 4.38. The molecule has 0 aliphatic heterocycles. The molecule has 21 heavy (non-hydrogen) atoms. The van der Waals surface area contributed by atoms with Gasteiger partial charge in [-0.1, -0.05) is 30.4 Å². The summed E-state index contributed by atoms with van der Waals surface area (Å²) in [6.45, 7) is 0. The highest BCUT2D eigenvalue weighted by Gasteiger charge is 2.21. The van der Waals surface area contributed by atoms with Crippen LogP contribution in [0.1, 0.15) is 5.56 Å². The van der Waals surface area contributed by atoms with Crippen LogP contribution in [0, 0.1) is 0 Å². The number of phenolic OH excluding ortho intramolecular Hbond substituents is 1. The molecule has 0 aromatic heterocycles. The molecule has 2 aromatic rings. The largest absolute Gasteiger partial charge is 0.508 e. The van der Waals surface area contributed by atoms with Crippen LogP contribution in [-0.2, 0) is 10.0 Å². The van der Waals surface area contributed by atoms with Crippen LogP contribution in [0.3, 0.4) is 0 Å². The number of sulfonamides is 1. The third-order valence-electron chi connectivity index (χ3n) is 2.99. The van der Waals surface area contributed by atoms with Crippen molar-refractivity contribution in [1.82, 2.24) is 0 Å². The topological polar surface area (TPSA) is 83.6 Å². The number of hydrogen-bond acceptors (Lipinski definition) is 4. The Morgan fingerprint density at radius 3 is 2.33 bits per heavy atom. The Bertz CT molecular complexity index is 771. The Labute approximate surface area is 128 Å². The molecule has 110 valence electrons. The van der Waals surface area contributed by atoms with Gasteiger partial charge in [-0.05, 0) is 24.3 Å². The molecule has 0 unspecified atom stereocenters. The van der Waals surface area contributed by atoms with Gasteiger partial charge in [-0.25, -0.2) is 8.42 Å². The number of rotatable bonds is 4. The maximum atomic E-state index is 12.5. The number of thiocarbonyl (C=S) groups is 1. The van der Waals surface area contributed by atoms with E-state index >= 15 is 0 Å². The van der Waals surface area contributed by atoms with E-state index in [0.717, 1.165) is 4.31 Å². The molecular formula is C14H14N2O3S2. The van der Waals surface area contributed by atoms with E-state index in [-0.39, 0.29) is 15.6 Å². The standard InChI is InChI=1S/C14H14N2O3S2/c1-16(11-3-2-4-12(17)9-11)21(18,19)13-7-5-10(6-8-13)14(15)20/h2-9,17H,1H3,(H2,15,20). The highest BCUT2D eigenvalue weighted by atomic mass is 32.2. The molecule has 0 fully saturated rings. The molecule has 0 saturated heterocycles. The van der Waals surface area contributed by atoms with Crippen molar-refractivity contribution in [2.24, 2.45) is 5.73 Å². The summed E-state index contributed by atoms with van der Waals surface area (Å²) in [5.41, 5.74) is 6.45. The molecule has 0 bridgehead atoms. The molecule has 0 heterocycles. The first-order chi connectivity index (χ1) is 9.82. The van der Waals surface area contributed by atoms with Crippen LogP contribution in [0.15, 0.2) is 53.4 Å². The van der Waals surface area contributed by atoms with Crippen molar-refractivity contribution in [2.45, 2.75) is 4.90 Å². The van der Waals surface area contributed by atoms with Crippen LogP contribution >= 0.6 is 12.2 Å². The summed E-state index contributed by atoms with van der Waals surface area (Å²) in [4.78, 5) is 0.327. The third kappa shape index (κ3) is 3.14. The minimum atomic E-state index is -3.71. The summed E-state index contributed by atoms with van der Waals surface area (Å²) >= 11 is 4.83. The molecule has 0 saturated carbocycles. The first-order valence-electron chi connectivity index (χ1n) is 6.00. The van der Waals surface area contributed by atoms with Crippen molar-refractivity contribution in [1.29, 1.82) is 0 Å². The summed E-state index contributed by atoms with van der Waals surface area (Å²) in [7, 11) is -2.29. The first kappa shape index (κ1) is 15.3. The van der Waals surface area contributed by atoms with E-state index in [2.05, 4.69) is 0 Å². The Hall–Kier alpha value is -2.12. The van der Waals surface area contributed by atoms with Gasteiger partial charge in [0.15, 0.2) is 0 Å². The van der Waals surface area contributed by atoms with Gasteiger partial charge in [-0.15, -0.1) is 0 Å². The molecule has 5 nitrogen and oxygen atoms in total. The molecule has 2 rings (SSSR count). The molecule has 3 N–H and O–H groups in total. The fraction of sp³-hybridized carbons (Fsp3) is 0.0714. The van der Waals surface area contributed by atoms with Gasteiger partial charge in [-0.3, -0.25) is 4.31 Å². The predicted molar refractivity (Wildman–Crippen MR) is 86.0 cm³/mol. The van der Waals surface area contributed by atoms with Gasteiger partial charge in [0.25, 0.3) is 10.0 Å². The van der Waals surface area contributed by atoms with Crippen LogP contribution in [0.5, 0.6) is 5.75 Å². The van der Waals surface area contributed by atoms with Crippen molar-refractivity contribution in [3.8, 4) is 5.75 Å².